The molecule has 0 aliphatic heterocycles. The highest BCUT2D eigenvalue weighted by atomic mass is 35.7. The molecule has 1 aromatic heterocycles. The lowest BCUT2D eigenvalue weighted by atomic mass is 10.2. The Hall–Kier alpha value is -1.07. The van der Waals surface area contributed by atoms with Crippen molar-refractivity contribution in [3.63, 3.8) is 0 Å². The molecule has 92 valence electrons. The largest absolute Gasteiger partial charge is 0.441 e. The Balaban J connectivity index is 2.41. The van der Waals surface area contributed by atoms with Gasteiger partial charge in [-0.25, -0.2) is 13.4 Å². The van der Waals surface area contributed by atoms with Crippen LogP contribution in [0.3, 0.4) is 0 Å². The minimum Gasteiger partial charge on any atom is -0.441 e. The minimum atomic E-state index is -3.71. The first-order chi connectivity index (χ1) is 8.00. The lowest BCUT2D eigenvalue weighted by Gasteiger charge is -1.93. The SMILES string of the molecule is CCCCc1nc2cc(S(=O)(=O)Cl)ccc2o1. The molecule has 0 saturated carbocycles. The van der Waals surface area contributed by atoms with E-state index in [0.717, 1.165) is 19.3 Å². The van der Waals surface area contributed by atoms with E-state index in [0.29, 0.717) is 17.0 Å². The molecule has 2 aromatic rings. The van der Waals surface area contributed by atoms with Crippen LogP contribution in [0.1, 0.15) is 25.7 Å². The van der Waals surface area contributed by atoms with Gasteiger partial charge in [-0.2, -0.15) is 0 Å². The van der Waals surface area contributed by atoms with Crippen molar-refractivity contribution >= 4 is 30.8 Å². The minimum absolute atomic E-state index is 0.0435. The Kier molecular flexibility index (Phi) is 3.40. The van der Waals surface area contributed by atoms with Crippen LogP contribution in [0.4, 0.5) is 0 Å². The average molecular weight is 274 g/mol. The number of aromatic nitrogens is 1. The summed E-state index contributed by atoms with van der Waals surface area (Å²) in [5, 5.41) is 0. The van der Waals surface area contributed by atoms with Crippen molar-refractivity contribution in [2.75, 3.05) is 0 Å². The predicted octanol–water partition coefficient (Wildman–Crippen LogP) is 3.10. The van der Waals surface area contributed by atoms with Gasteiger partial charge in [-0.3, -0.25) is 0 Å². The van der Waals surface area contributed by atoms with Crippen molar-refractivity contribution in [1.82, 2.24) is 4.98 Å². The van der Waals surface area contributed by atoms with Crippen LogP contribution in [0.2, 0.25) is 0 Å². The van der Waals surface area contributed by atoms with Crippen molar-refractivity contribution in [1.29, 1.82) is 0 Å². The van der Waals surface area contributed by atoms with E-state index >= 15 is 0 Å². The van der Waals surface area contributed by atoms with Gasteiger partial charge in [-0.15, -0.1) is 0 Å². The quantitative estimate of drug-likeness (QED) is 0.803. The normalized spacial score (nSPS) is 12.1. The molecule has 0 amide bonds. The number of hydrogen-bond donors (Lipinski definition) is 0. The van der Waals surface area contributed by atoms with Crippen LogP contribution < -0.4 is 0 Å². The fourth-order valence-corrected chi connectivity index (χ4v) is 2.31. The van der Waals surface area contributed by atoms with Gasteiger partial charge in [-0.1, -0.05) is 13.3 Å². The molecule has 6 heteroatoms. The predicted molar refractivity (Wildman–Crippen MR) is 65.7 cm³/mol. The van der Waals surface area contributed by atoms with E-state index in [2.05, 4.69) is 11.9 Å². The maximum atomic E-state index is 11.2. The number of halogens is 1. The second-order valence-corrected chi connectivity index (χ2v) is 6.34. The van der Waals surface area contributed by atoms with E-state index in [4.69, 9.17) is 15.1 Å². The fraction of sp³-hybridized carbons (Fsp3) is 0.364. The Morgan fingerprint density at radius 3 is 2.82 bits per heavy atom. The lowest BCUT2D eigenvalue weighted by Crippen LogP contribution is -1.89. The second kappa shape index (κ2) is 4.66. The molecule has 0 unspecified atom stereocenters. The van der Waals surface area contributed by atoms with Crippen molar-refractivity contribution in [3.8, 4) is 0 Å². The molecule has 0 atom stereocenters. The third-order valence-corrected chi connectivity index (χ3v) is 3.78. The molecule has 0 radical (unpaired) electrons. The summed E-state index contributed by atoms with van der Waals surface area (Å²) in [6.07, 6.45) is 2.81. The zero-order chi connectivity index (χ0) is 12.5. The molecule has 2 rings (SSSR count). The summed E-state index contributed by atoms with van der Waals surface area (Å²) in [7, 11) is 1.55. The number of hydrogen-bond acceptors (Lipinski definition) is 4. The number of unbranched alkanes of at least 4 members (excludes halogenated alkanes) is 1. The van der Waals surface area contributed by atoms with Gasteiger partial charge in [0.15, 0.2) is 11.5 Å². The van der Waals surface area contributed by atoms with Gasteiger partial charge in [0.05, 0.1) is 4.90 Å². The summed E-state index contributed by atoms with van der Waals surface area (Å²) in [6, 6.07) is 4.42. The van der Waals surface area contributed by atoms with E-state index in [1.54, 1.807) is 6.07 Å². The fourth-order valence-electron chi connectivity index (χ4n) is 1.54. The molecule has 0 N–H and O–H groups in total. The monoisotopic (exact) mass is 273 g/mol. The highest BCUT2D eigenvalue weighted by molar-refractivity contribution is 8.13. The first-order valence-corrected chi connectivity index (χ1v) is 7.66. The van der Waals surface area contributed by atoms with Gasteiger partial charge in [0.25, 0.3) is 9.05 Å². The lowest BCUT2D eigenvalue weighted by molar-refractivity contribution is 0.517. The summed E-state index contributed by atoms with van der Waals surface area (Å²) < 4.78 is 27.8. The zero-order valence-electron chi connectivity index (χ0n) is 9.31. The molecular weight excluding hydrogens is 262 g/mol. The molecule has 1 heterocycles. The van der Waals surface area contributed by atoms with Gasteiger partial charge < -0.3 is 4.42 Å². The number of rotatable bonds is 4. The molecule has 0 aliphatic carbocycles. The van der Waals surface area contributed by atoms with Gasteiger partial charge in [0.2, 0.25) is 0 Å². The van der Waals surface area contributed by atoms with Crippen molar-refractivity contribution in [2.24, 2.45) is 0 Å². The Morgan fingerprint density at radius 1 is 1.41 bits per heavy atom. The molecule has 0 aliphatic rings. The van der Waals surface area contributed by atoms with Crippen molar-refractivity contribution < 1.29 is 12.8 Å². The van der Waals surface area contributed by atoms with E-state index < -0.39 is 9.05 Å². The molecule has 0 fully saturated rings. The third kappa shape index (κ3) is 2.79. The first kappa shape index (κ1) is 12.4. The van der Waals surface area contributed by atoms with Gasteiger partial charge >= 0.3 is 0 Å². The van der Waals surface area contributed by atoms with E-state index in [-0.39, 0.29) is 4.90 Å². The van der Waals surface area contributed by atoms with Crippen LogP contribution in [0.15, 0.2) is 27.5 Å². The highest BCUT2D eigenvalue weighted by Crippen LogP contribution is 2.22. The van der Waals surface area contributed by atoms with Crippen molar-refractivity contribution in [3.05, 3.63) is 24.1 Å². The number of oxazole rings is 1. The standard InChI is InChI=1S/C11H12ClNO3S/c1-2-3-4-11-13-9-7-8(17(12,14)15)5-6-10(9)16-11/h5-7H,2-4H2,1H3. The van der Waals surface area contributed by atoms with Gasteiger partial charge in [-0.05, 0) is 24.6 Å². The van der Waals surface area contributed by atoms with E-state index in [1.165, 1.54) is 12.1 Å². The second-order valence-electron chi connectivity index (χ2n) is 3.78. The summed E-state index contributed by atoms with van der Waals surface area (Å²) in [4.78, 5) is 4.28. The molecule has 1 aromatic carbocycles. The van der Waals surface area contributed by atoms with Crippen molar-refractivity contribution in [2.45, 2.75) is 31.1 Å². The van der Waals surface area contributed by atoms with Gasteiger partial charge in [0, 0.05) is 17.1 Å². The van der Waals surface area contributed by atoms with Crippen LogP contribution in [-0.4, -0.2) is 13.4 Å². The Labute approximate surface area is 104 Å². The molecular formula is C11H12ClNO3S. The maximum Gasteiger partial charge on any atom is 0.261 e. The first-order valence-electron chi connectivity index (χ1n) is 5.35. The van der Waals surface area contributed by atoms with Crippen LogP contribution in [0.25, 0.3) is 11.1 Å². The summed E-state index contributed by atoms with van der Waals surface area (Å²) >= 11 is 0. The maximum absolute atomic E-state index is 11.2. The van der Waals surface area contributed by atoms with E-state index in [9.17, 15) is 8.42 Å². The van der Waals surface area contributed by atoms with Gasteiger partial charge in [0.1, 0.15) is 5.52 Å². The highest BCUT2D eigenvalue weighted by Gasteiger charge is 2.13. The number of aryl methyl sites for hydroxylation is 1. The molecule has 4 nitrogen and oxygen atoms in total. The van der Waals surface area contributed by atoms with Crippen LogP contribution in [-0.2, 0) is 15.5 Å². The van der Waals surface area contributed by atoms with Crippen LogP contribution in [0.5, 0.6) is 0 Å². The van der Waals surface area contributed by atoms with Crippen LogP contribution >= 0.6 is 10.7 Å². The molecule has 0 saturated heterocycles. The summed E-state index contributed by atoms with van der Waals surface area (Å²) in [6.45, 7) is 2.08. The Morgan fingerprint density at radius 2 is 2.18 bits per heavy atom. The van der Waals surface area contributed by atoms with Crippen LogP contribution in [0, 0.1) is 0 Å². The van der Waals surface area contributed by atoms with E-state index in [1.807, 2.05) is 0 Å². The number of nitrogens with zero attached hydrogens (tertiary/aromatic N) is 1. The molecule has 0 spiro atoms. The smallest absolute Gasteiger partial charge is 0.261 e. The zero-order valence-corrected chi connectivity index (χ0v) is 10.9. The average Bonchev–Trinajstić information content (AvgIpc) is 2.66. The number of benzene rings is 1. The summed E-state index contributed by atoms with van der Waals surface area (Å²) in [5.74, 6) is 0.631. The molecule has 17 heavy (non-hydrogen) atoms. The topological polar surface area (TPSA) is 60.2 Å². The molecule has 0 bridgehead atoms. The number of fused-ring (bicyclic) bond motifs is 1. The summed E-state index contributed by atoms with van der Waals surface area (Å²) in [5.41, 5.74) is 1.11. The third-order valence-electron chi connectivity index (χ3n) is 2.43. The Bertz CT molecular complexity index is 633.